The van der Waals surface area contributed by atoms with E-state index in [2.05, 4.69) is 31.1 Å². The summed E-state index contributed by atoms with van der Waals surface area (Å²) >= 11 is 1.56. The standard InChI is InChI=1S/C12H13N5S/c1-13-12-16-15-11(18-12)7-10-14-8-5-3-4-6-9(8)17(10)2/h3-6H,7H2,1-2H3,(H,13,16). The molecule has 0 unspecified atom stereocenters. The van der Waals surface area contributed by atoms with Crippen LogP contribution in [0, 0.1) is 0 Å². The summed E-state index contributed by atoms with van der Waals surface area (Å²) in [6, 6.07) is 8.13. The van der Waals surface area contributed by atoms with E-state index in [-0.39, 0.29) is 0 Å². The fourth-order valence-electron chi connectivity index (χ4n) is 1.91. The molecule has 18 heavy (non-hydrogen) atoms. The Kier molecular flexibility index (Phi) is 2.71. The molecule has 5 nitrogen and oxygen atoms in total. The van der Waals surface area contributed by atoms with Gasteiger partial charge < -0.3 is 9.88 Å². The SMILES string of the molecule is CNc1nnc(Cc2nc3ccccc3n2C)s1. The second kappa shape index (κ2) is 4.38. The molecule has 3 aromatic rings. The minimum Gasteiger partial charge on any atom is -0.363 e. The van der Waals surface area contributed by atoms with Crippen molar-refractivity contribution in [1.82, 2.24) is 19.7 Å². The molecule has 0 saturated heterocycles. The normalized spacial score (nSPS) is 11.0. The molecule has 3 rings (SSSR count). The smallest absolute Gasteiger partial charge is 0.205 e. The summed E-state index contributed by atoms with van der Waals surface area (Å²) in [7, 11) is 3.88. The van der Waals surface area contributed by atoms with E-state index in [4.69, 9.17) is 0 Å². The van der Waals surface area contributed by atoms with E-state index < -0.39 is 0 Å². The number of hydrogen-bond acceptors (Lipinski definition) is 5. The average Bonchev–Trinajstić information content (AvgIpc) is 2.97. The van der Waals surface area contributed by atoms with Gasteiger partial charge in [-0.15, -0.1) is 10.2 Å². The molecule has 0 atom stereocenters. The molecule has 0 radical (unpaired) electrons. The molecule has 0 fully saturated rings. The molecule has 0 amide bonds. The maximum absolute atomic E-state index is 4.62. The summed E-state index contributed by atoms with van der Waals surface area (Å²) in [4.78, 5) is 4.62. The van der Waals surface area contributed by atoms with E-state index in [0.717, 1.165) is 27.0 Å². The molecule has 0 spiro atoms. The Morgan fingerprint density at radius 2 is 2.11 bits per heavy atom. The first kappa shape index (κ1) is 11.2. The van der Waals surface area contributed by atoms with Gasteiger partial charge >= 0.3 is 0 Å². The highest BCUT2D eigenvalue weighted by molar-refractivity contribution is 7.15. The van der Waals surface area contributed by atoms with Crippen LogP contribution in [0.4, 0.5) is 5.13 Å². The molecule has 0 aliphatic carbocycles. The van der Waals surface area contributed by atoms with Crippen LogP contribution in [-0.2, 0) is 13.5 Å². The predicted molar refractivity (Wildman–Crippen MR) is 73.0 cm³/mol. The zero-order chi connectivity index (χ0) is 12.5. The first-order valence-electron chi connectivity index (χ1n) is 5.68. The first-order chi connectivity index (χ1) is 8.78. The Hall–Kier alpha value is -1.95. The van der Waals surface area contributed by atoms with Gasteiger partial charge in [0.25, 0.3) is 0 Å². The second-order valence-corrected chi connectivity index (χ2v) is 5.07. The average molecular weight is 259 g/mol. The van der Waals surface area contributed by atoms with Crippen molar-refractivity contribution in [3.8, 4) is 0 Å². The Morgan fingerprint density at radius 1 is 1.28 bits per heavy atom. The number of aromatic nitrogens is 4. The van der Waals surface area contributed by atoms with Crippen LogP contribution in [0.15, 0.2) is 24.3 Å². The number of nitrogens with zero attached hydrogens (tertiary/aromatic N) is 4. The zero-order valence-electron chi connectivity index (χ0n) is 10.2. The van der Waals surface area contributed by atoms with Crippen molar-refractivity contribution >= 4 is 27.5 Å². The predicted octanol–water partition coefficient (Wildman–Crippen LogP) is 2.06. The zero-order valence-corrected chi connectivity index (χ0v) is 11.0. The first-order valence-corrected chi connectivity index (χ1v) is 6.50. The summed E-state index contributed by atoms with van der Waals surface area (Å²) < 4.78 is 2.11. The number of hydrogen-bond donors (Lipinski definition) is 1. The van der Waals surface area contributed by atoms with Crippen molar-refractivity contribution in [1.29, 1.82) is 0 Å². The number of imidazole rings is 1. The van der Waals surface area contributed by atoms with Crippen molar-refractivity contribution in [2.45, 2.75) is 6.42 Å². The van der Waals surface area contributed by atoms with Crippen molar-refractivity contribution in [2.75, 3.05) is 12.4 Å². The van der Waals surface area contributed by atoms with Crippen molar-refractivity contribution in [2.24, 2.45) is 7.05 Å². The molecule has 2 heterocycles. The third-order valence-electron chi connectivity index (χ3n) is 2.87. The van der Waals surface area contributed by atoms with Gasteiger partial charge in [-0.2, -0.15) is 0 Å². The molecule has 0 saturated carbocycles. The highest BCUT2D eigenvalue weighted by Gasteiger charge is 2.10. The number of para-hydroxylation sites is 2. The topological polar surface area (TPSA) is 55.6 Å². The van der Waals surface area contributed by atoms with Crippen molar-refractivity contribution < 1.29 is 0 Å². The third kappa shape index (κ3) is 1.84. The molecule has 0 bridgehead atoms. The number of benzene rings is 1. The van der Waals surface area contributed by atoms with Crippen molar-refractivity contribution in [3.63, 3.8) is 0 Å². The highest BCUT2D eigenvalue weighted by Crippen LogP contribution is 2.20. The van der Waals surface area contributed by atoms with E-state index >= 15 is 0 Å². The monoisotopic (exact) mass is 259 g/mol. The Bertz CT molecular complexity index is 685. The number of fused-ring (bicyclic) bond motifs is 1. The van der Waals surface area contributed by atoms with Crippen LogP contribution in [0.3, 0.4) is 0 Å². The molecule has 6 heteroatoms. The van der Waals surface area contributed by atoms with Gasteiger partial charge in [-0.05, 0) is 12.1 Å². The van der Waals surface area contributed by atoms with E-state index in [1.165, 1.54) is 0 Å². The van der Waals surface area contributed by atoms with Gasteiger partial charge in [-0.1, -0.05) is 23.5 Å². The van der Waals surface area contributed by atoms with Gasteiger partial charge in [-0.3, -0.25) is 0 Å². The number of rotatable bonds is 3. The number of nitrogens with one attached hydrogen (secondary N) is 1. The van der Waals surface area contributed by atoms with Crippen LogP contribution in [-0.4, -0.2) is 26.8 Å². The lowest BCUT2D eigenvalue weighted by atomic mass is 10.3. The minimum atomic E-state index is 0.713. The summed E-state index contributed by atoms with van der Waals surface area (Å²) in [5, 5.41) is 13.0. The lowest BCUT2D eigenvalue weighted by Crippen LogP contribution is -1.98. The van der Waals surface area contributed by atoms with Gasteiger partial charge in [-0.25, -0.2) is 4.98 Å². The van der Waals surface area contributed by atoms with Gasteiger partial charge in [0.1, 0.15) is 10.8 Å². The van der Waals surface area contributed by atoms with E-state index in [9.17, 15) is 0 Å². The van der Waals surface area contributed by atoms with Gasteiger partial charge in [0.2, 0.25) is 5.13 Å². The quantitative estimate of drug-likeness (QED) is 0.782. The lowest BCUT2D eigenvalue weighted by molar-refractivity contribution is 0.833. The minimum absolute atomic E-state index is 0.713. The fourth-order valence-corrected chi connectivity index (χ4v) is 2.60. The number of aryl methyl sites for hydroxylation is 1. The van der Waals surface area contributed by atoms with Crippen LogP contribution in [0.25, 0.3) is 11.0 Å². The van der Waals surface area contributed by atoms with Crippen LogP contribution < -0.4 is 5.32 Å². The van der Waals surface area contributed by atoms with E-state index in [1.807, 2.05) is 32.3 Å². The maximum Gasteiger partial charge on any atom is 0.205 e. The summed E-state index contributed by atoms with van der Waals surface area (Å²) in [6.45, 7) is 0. The molecule has 92 valence electrons. The Balaban J connectivity index is 1.97. The summed E-state index contributed by atoms with van der Waals surface area (Å²) in [5.74, 6) is 1.01. The van der Waals surface area contributed by atoms with Crippen molar-refractivity contribution in [3.05, 3.63) is 35.1 Å². The van der Waals surface area contributed by atoms with E-state index in [1.54, 1.807) is 11.3 Å². The Morgan fingerprint density at radius 3 is 2.83 bits per heavy atom. The van der Waals surface area contributed by atoms with Gasteiger partial charge in [0.05, 0.1) is 17.5 Å². The molecular weight excluding hydrogens is 246 g/mol. The highest BCUT2D eigenvalue weighted by atomic mass is 32.1. The number of anilines is 1. The lowest BCUT2D eigenvalue weighted by Gasteiger charge is -1.98. The summed E-state index contributed by atoms with van der Waals surface area (Å²) in [6.07, 6.45) is 0.713. The maximum atomic E-state index is 4.62. The van der Waals surface area contributed by atoms with Gasteiger partial charge in [0.15, 0.2) is 0 Å². The van der Waals surface area contributed by atoms with Crippen LogP contribution in [0.2, 0.25) is 0 Å². The molecule has 2 aromatic heterocycles. The Labute approximate surface area is 109 Å². The van der Waals surface area contributed by atoms with Gasteiger partial charge in [0, 0.05) is 14.1 Å². The molecule has 1 N–H and O–H groups in total. The van der Waals surface area contributed by atoms with Crippen LogP contribution in [0.1, 0.15) is 10.8 Å². The van der Waals surface area contributed by atoms with E-state index in [0.29, 0.717) is 6.42 Å². The fraction of sp³-hybridized carbons (Fsp3) is 0.250. The molecule has 1 aromatic carbocycles. The summed E-state index contributed by atoms with van der Waals surface area (Å²) in [5.41, 5.74) is 2.17. The van der Waals surface area contributed by atoms with Crippen LogP contribution >= 0.6 is 11.3 Å². The molecule has 0 aliphatic heterocycles. The van der Waals surface area contributed by atoms with Crippen LogP contribution in [0.5, 0.6) is 0 Å². The second-order valence-electron chi connectivity index (χ2n) is 4.00. The molecule has 0 aliphatic rings. The third-order valence-corrected chi connectivity index (χ3v) is 3.81. The molecular formula is C12H13N5S. The largest absolute Gasteiger partial charge is 0.363 e.